The maximum Gasteiger partial charge on any atom is 0.387 e. The number of alkyl halides is 2. The van der Waals surface area contributed by atoms with E-state index >= 15 is 0 Å². The number of rotatable bonds is 6. The number of hydrogen-bond donors (Lipinski definition) is 1. The Morgan fingerprint density at radius 3 is 2.67 bits per heavy atom. The van der Waals surface area contributed by atoms with Gasteiger partial charge in [-0.15, -0.1) is 0 Å². The van der Waals surface area contributed by atoms with Crippen LogP contribution in [0.2, 0.25) is 5.02 Å². The third kappa shape index (κ3) is 4.66. The predicted octanol–water partition coefficient (Wildman–Crippen LogP) is 3.71. The lowest BCUT2D eigenvalue weighted by Gasteiger charge is -2.10. The molecule has 2 aromatic carbocycles. The first kappa shape index (κ1) is 17.7. The van der Waals surface area contributed by atoms with Crippen LogP contribution in [0.15, 0.2) is 47.6 Å². The summed E-state index contributed by atoms with van der Waals surface area (Å²) in [4.78, 5) is 11.9. The van der Waals surface area contributed by atoms with Crippen LogP contribution in [0.4, 0.5) is 8.78 Å². The van der Waals surface area contributed by atoms with Gasteiger partial charge in [-0.2, -0.15) is 13.9 Å². The van der Waals surface area contributed by atoms with E-state index < -0.39 is 12.5 Å². The van der Waals surface area contributed by atoms with Crippen LogP contribution in [0, 0.1) is 0 Å². The van der Waals surface area contributed by atoms with Crippen LogP contribution in [0.5, 0.6) is 11.5 Å². The molecular weight excluding hydrogens is 342 g/mol. The van der Waals surface area contributed by atoms with Gasteiger partial charge in [0.15, 0.2) is 11.5 Å². The van der Waals surface area contributed by atoms with Crippen molar-refractivity contribution in [2.75, 3.05) is 7.11 Å². The number of nitrogens with zero attached hydrogens (tertiary/aromatic N) is 1. The maximum absolute atomic E-state index is 12.3. The summed E-state index contributed by atoms with van der Waals surface area (Å²) in [6.45, 7) is -2.95. The number of hydrogen-bond acceptors (Lipinski definition) is 4. The minimum Gasteiger partial charge on any atom is -0.493 e. The fraction of sp³-hybridized carbons (Fsp3) is 0.125. The fourth-order valence-corrected chi connectivity index (χ4v) is 2.05. The Morgan fingerprint density at radius 1 is 1.25 bits per heavy atom. The number of methoxy groups -OCH3 is 1. The highest BCUT2D eigenvalue weighted by molar-refractivity contribution is 6.33. The SMILES string of the molecule is COc1cc(/C=N/NC(=O)c2ccccc2Cl)ccc1OC(F)F. The first-order valence-corrected chi connectivity index (χ1v) is 7.10. The van der Waals surface area contributed by atoms with Crippen molar-refractivity contribution >= 4 is 23.7 Å². The van der Waals surface area contributed by atoms with Crippen LogP contribution < -0.4 is 14.9 Å². The number of carbonyl (C=O) groups excluding carboxylic acids is 1. The predicted molar refractivity (Wildman–Crippen MR) is 86.1 cm³/mol. The zero-order valence-corrected chi connectivity index (χ0v) is 13.3. The average Bonchev–Trinajstić information content (AvgIpc) is 2.56. The summed E-state index contributed by atoms with van der Waals surface area (Å²) in [5, 5.41) is 4.10. The van der Waals surface area contributed by atoms with Gasteiger partial charge in [0.2, 0.25) is 0 Å². The van der Waals surface area contributed by atoms with Crippen LogP contribution in [-0.2, 0) is 0 Å². The molecule has 0 atom stereocenters. The van der Waals surface area contributed by atoms with Gasteiger partial charge < -0.3 is 9.47 Å². The van der Waals surface area contributed by atoms with Crippen molar-refractivity contribution in [3.8, 4) is 11.5 Å². The number of ether oxygens (including phenoxy) is 2. The first-order chi connectivity index (χ1) is 11.5. The number of amides is 1. The second kappa shape index (κ2) is 8.26. The van der Waals surface area contributed by atoms with Gasteiger partial charge in [0.1, 0.15) is 0 Å². The Labute approximate surface area is 141 Å². The summed E-state index contributed by atoms with van der Waals surface area (Å²) in [6.07, 6.45) is 1.34. The fourth-order valence-electron chi connectivity index (χ4n) is 1.83. The normalized spacial score (nSPS) is 10.9. The van der Waals surface area contributed by atoms with Crippen molar-refractivity contribution in [2.45, 2.75) is 6.61 Å². The number of nitrogens with one attached hydrogen (secondary N) is 1. The van der Waals surface area contributed by atoms with Gasteiger partial charge in [-0.05, 0) is 35.9 Å². The van der Waals surface area contributed by atoms with Crippen LogP contribution in [0.1, 0.15) is 15.9 Å². The lowest BCUT2D eigenvalue weighted by atomic mass is 10.2. The van der Waals surface area contributed by atoms with Crippen molar-refractivity contribution in [3.05, 3.63) is 58.6 Å². The monoisotopic (exact) mass is 354 g/mol. The topological polar surface area (TPSA) is 59.9 Å². The molecule has 0 bridgehead atoms. The summed E-state index contributed by atoms with van der Waals surface area (Å²) in [7, 11) is 1.33. The number of hydrazone groups is 1. The number of carbonyl (C=O) groups is 1. The Hall–Kier alpha value is -2.67. The molecule has 0 spiro atoms. The van der Waals surface area contributed by atoms with Crippen molar-refractivity contribution in [3.63, 3.8) is 0 Å². The Morgan fingerprint density at radius 2 is 2.00 bits per heavy atom. The van der Waals surface area contributed by atoms with Gasteiger partial charge in [0.25, 0.3) is 5.91 Å². The van der Waals surface area contributed by atoms with Crippen LogP contribution in [0.25, 0.3) is 0 Å². The summed E-state index contributed by atoms with van der Waals surface area (Å²) in [5.41, 5.74) is 3.13. The van der Waals surface area contributed by atoms with Gasteiger partial charge in [-0.25, -0.2) is 5.43 Å². The van der Waals surface area contributed by atoms with E-state index in [1.807, 2.05) is 0 Å². The minimum atomic E-state index is -2.95. The van der Waals surface area contributed by atoms with E-state index in [2.05, 4.69) is 15.3 Å². The highest BCUT2D eigenvalue weighted by Gasteiger charge is 2.11. The molecule has 1 amide bonds. The van der Waals surface area contributed by atoms with E-state index in [0.29, 0.717) is 10.6 Å². The average molecular weight is 355 g/mol. The summed E-state index contributed by atoms with van der Waals surface area (Å²) < 4.78 is 33.8. The largest absolute Gasteiger partial charge is 0.493 e. The molecule has 126 valence electrons. The molecule has 0 fully saturated rings. The molecule has 0 aliphatic carbocycles. The minimum absolute atomic E-state index is 0.0928. The van der Waals surface area contributed by atoms with Crippen molar-refractivity contribution in [1.29, 1.82) is 0 Å². The first-order valence-electron chi connectivity index (χ1n) is 6.72. The summed E-state index contributed by atoms with van der Waals surface area (Å²) in [6, 6.07) is 10.8. The van der Waals surface area contributed by atoms with E-state index in [4.69, 9.17) is 16.3 Å². The van der Waals surface area contributed by atoms with Gasteiger partial charge in [0, 0.05) is 0 Å². The molecule has 1 N–H and O–H groups in total. The molecule has 0 radical (unpaired) electrons. The van der Waals surface area contributed by atoms with E-state index in [9.17, 15) is 13.6 Å². The van der Waals surface area contributed by atoms with E-state index in [1.165, 1.54) is 31.5 Å². The zero-order valence-electron chi connectivity index (χ0n) is 12.5. The molecule has 0 aliphatic rings. The molecule has 8 heteroatoms. The summed E-state index contributed by atoms with van der Waals surface area (Å²) >= 11 is 5.91. The Kier molecular flexibility index (Phi) is 6.08. The second-order valence-electron chi connectivity index (χ2n) is 4.47. The highest BCUT2D eigenvalue weighted by atomic mass is 35.5. The van der Waals surface area contributed by atoms with Crippen LogP contribution in [-0.4, -0.2) is 25.8 Å². The third-order valence-corrected chi connectivity index (χ3v) is 3.23. The van der Waals surface area contributed by atoms with Crippen molar-refractivity contribution < 1.29 is 23.0 Å². The maximum atomic E-state index is 12.3. The molecule has 24 heavy (non-hydrogen) atoms. The van der Waals surface area contributed by atoms with Crippen molar-refractivity contribution in [1.82, 2.24) is 5.43 Å². The number of halogens is 3. The van der Waals surface area contributed by atoms with Crippen LogP contribution >= 0.6 is 11.6 Å². The lowest BCUT2D eigenvalue weighted by Crippen LogP contribution is -2.17. The van der Waals surface area contributed by atoms with Crippen molar-refractivity contribution in [2.24, 2.45) is 5.10 Å². The molecule has 5 nitrogen and oxygen atoms in total. The molecule has 0 heterocycles. The molecule has 0 aliphatic heterocycles. The Balaban J connectivity index is 2.06. The van der Waals surface area contributed by atoms with Gasteiger partial charge >= 0.3 is 6.61 Å². The molecule has 0 unspecified atom stereocenters. The molecule has 0 aromatic heterocycles. The molecular formula is C16H13ClF2N2O3. The standard InChI is InChI=1S/C16H13ClF2N2O3/c1-23-14-8-10(6-7-13(14)24-16(18)19)9-20-21-15(22)11-4-2-3-5-12(11)17/h2-9,16H,1H3,(H,21,22)/b20-9+. The molecule has 0 saturated carbocycles. The summed E-state index contributed by atoms with van der Waals surface area (Å²) in [5.74, 6) is -0.442. The molecule has 2 aromatic rings. The number of benzene rings is 2. The molecule has 0 saturated heterocycles. The lowest BCUT2D eigenvalue weighted by molar-refractivity contribution is -0.0512. The van der Waals surface area contributed by atoms with E-state index in [-0.39, 0.29) is 17.1 Å². The van der Waals surface area contributed by atoms with Crippen LogP contribution in [0.3, 0.4) is 0 Å². The van der Waals surface area contributed by atoms with Gasteiger partial charge in [-0.1, -0.05) is 23.7 Å². The van der Waals surface area contributed by atoms with E-state index in [1.54, 1.807) is 24.3 Å². The quantitative estimate of drug-likeness (QED) is 0.635. The highest BCUT2D eigenvalue weighted by Crippen LogP contribution is 2.28. The van der Waals surface area contributed by atoms with Gasteiger partial charge in [-0.3, -0.25) is 4.79 Å². The third-order valence-electron chi connectivity index (χ3n) is 2.90. The van der Waals surface area contributed by atoms with E-state index in [0.717, 1.165) is 0 Å². The zero-order chi connectivity index (χ0) is 17.5. The second-order valence-corrected chi connectivity index (χ2v) is 4.87. The molecule has 2 rings (SSSR count). The van der Waals surface area contributed by atoms with Gasteiger partial charge in [0.05, 0.1) is 23.9 Å². The smallest absolute Gasteiger partial charge is 0.387 e. The Bertz CT molecular complexity index is 754.